The van der Waals surface area contributed by atoms with Crippen molar-refractivity contribution in [2.45, 2.75) is 45.2 Å². The number of hydrogen-bond donors (Lipinski definition) is 1. The highest BCUT2D eigenvalue weighted by atomic mass is 19.1. The number of rotatable bonds is 4. The zero-order chi connectivity index (χ0) is 16.3. The number of Topliss-reactive ketones (excluding diaryl/α,β-unsaturated/α-hetero) is 1. The minimum Gasteiger partial charge on any atom is -0.309 e. The van der Waals surface area contributed by atoms with Crippen LogP contribution in [0.15, 0.2) is 24.3 Å². The maximum absolute atomic E-state index is 13.0. The zero-order valence-corrected chi connectivity index (χ0v) is 14.1. The largest absolute Gasteiger partial charge is 0.309 e. The normalized spacial score (nSPS) is 31.7. The van der Waals surface area contributed by atoms with Gasteiger partial charge in [-0.15, -0.1) is 0 Å². The number of halogens is 1. The molecule has 1 unspecified atom stereocenters. The molecule has 126 valence electrons. The Bertz CT molecular complexity index is 529. The van der Waals surface area contributed by atoms with Crippen LogP contribution < -0.4 is 5.32 Å². The molecule has 0 aromatic heterocycles. The van der Waals surface area contributed by atoms with E-state index in [2.05, 4.69) is 12.2 Å². The summed E-state index contributed by atoms with van der Waals surface area (Å²) in [7, 11) is 0. The van der Waals surface area contributed by atoms with Crippen molar-refractivity contribution in [2.75, 3.05) is 26.2 Å². The summed E-state index contributed by atoms with van der Waals surface area (Å²) >= 11 is 0. The number of carbonyl (C=O) groups excluding carboxylic acids is 1. The molecule has 3 rings (SSSR count). The molecule has 0 amide bonds. The molecule has 1 aromatic carbocycles. The lowest BCUT2D eigenvalue weighted by molar-refractivity contribution is -0.958. The number of ketones is 1. The van der Waals surface area contributed by atoms with Crippen molar-refractivity contribution in [2.24, 2.45) is 5.92 Å². The van der Waals surface area contributed by atoms with E-state index < -0.39 is 0 Å². The summed E-state index contributed by atoms with van der Waals surface area (Å²) in [4.78, 5) is 12.6. The van der Waals surface area contributed by atoms with Crippen molar-refractivity contribution >= 4 is 5.78 Å². The molecule has 2 heterocycles. The summed E-state index contributed by atoms with van der Waals surface area (Å²) in [5, 5.41) is 3.71. The molecule has 0 saturated carbocycles. The van der Waals surface area contributed by atoms with Gasteiger partial charge in [0.05, 0.1) is 19.6 Å². The number of likely N-dealkylation sites (tertiary alicyclic amines) is 1. The molecular formula is C19H28FN2O+. The third kappa shape index (κ3) is 3.48. The molecule has 2 aliphatic rings. The lowest BCUT2D eigenvalue weighted by atomic mass is 9.86. The summed E-state index contributed by atoms with van der Waals surface area (Å²) in [5.74, 6) is 0.00703. The Kier molecular flexibility index (Phi) is 5.12. The van der Waals surface area contributed by atoms with Crippen LogP contribution in [0.5, 0.6) is 0 Å². The fourth-order valence-corrected chi connectivity index (χ4v) is 4.34. The van der Waals surface area contributed by atoms with Gasteiger partial charge in [-0.05, 0) is 44.0 Å². The van der Waals surface area contributed by atoms with Gasteiger partial charge in [-0.25, -0.2) is 4.39 Å². The maximum atomic E-state index is 13.0. The number of piperidine rings is 2. The van der Waals surface area contributed by atoms with Gasteiger partial charge in [-0.1, -0.05) is 0 Å². The Morgan fingerprint density at radius 1 is 1.17 bits per heavy atom. The van der Waals surface area contributed by atoms with Gasteiger partial charge < -0.3 is 4.48 Å². The predicted molar refractivity (Wildman–Crippen MR) is 89.6 cm³/mol. The predicted octanol–water partition coefficient (Wildman–Crippen LogP) is 3.35. The van der Waals surface area contributed by atoms with E-state index in [9.17, 15) is 9.18 Å². The smallest absolute Gasteiger partial charge is 0.166 e. The average Bonchev–Trinajstić information content (AvgIpc) is 2.62. The van der Waals surface area contributed by atoms with Gasteiger partial charge in [0.25, 0.3) is 0 Å². The molecule has 1 aromatic rings. The second-order valence-electron chi connectivity index (χ2n) is 7.09. The fourth-order valence-electron chi connectivity index (χ4n) is 4.34. The van der Waals surface area contributed by atoms with Crippen molar-refractivity contribution in [3.8, 4) is 0 Å². The molecule has 2 aliphatic heterocycles. The summed E-state index contributed by atoms with van der Waals surface area (Å²) in [6.45, 7) is 6.69. The zero-order valence-electron chi connectivity index (χ0n) is 14.1. The highest BCUT2D eigenvalue weighted by molar-refractivity contribution is 5.97. The third-order valence-corrected chi connectivity index (χ3v) is 5.92. The second-order valence-corrected chi connectivity index (χ2v) is 7.09. The molecule has 3 nitrogen and oxygen atoms in total. The van der Waals surface area contributed by atoms with E-state index in [1.807, 2.05) is 0 Å². The molecule has 0 spiro atoms. The Balaban J connectivity index is 1.64. The summed E-state index contributed by atoms with van der Waals surface area (Å²) < 4.78 is 14.1. The summed E-state index contributed by atoms with van der Waals surface area (Å²) in [5.41, 5.74) is 0.656. The lowest BCUT2D eigenvalue weighted by Gasteiger charge is -2.49. The van der Waals surface area contributed by atoms with Gasteiger partial charge in [0, 0.05) is 37.3 Å². The van der Waals surface area contributed by atoms with Crippen LogP contribution in [0, 0.1) is 11.7 Å². The first-order valence-electron chi connectivity index (χ1n) is 9.03. The van der Waals surface area contributed by atoms with E-state index in [1.165, 1.54) is 31.4 Å². The maximum Gasteiger partial charge on any atom is 0.166 e. The van der Waals surface area contributed by atoms with E-state index >= 15 is 0 Å². The number of nitrogens with zero attached hydrogens (tertiary/aromatic N) is 1. The molecular weight excluding hydrogens is 291 g/mol. The van der Waals surface area contributed by atoms with Crippen LogP contribution in [0.3, 0.4) is 0 Å². The minimum atomic E-state index is -0.282. The first kappa shape index (κ1) is 16.6. The van der Waals surface area contributed by atoms with E-state index in [0.29, 0.717) is 11.7 Å². The number of nitrogens with one attached hydrogen (secondary N) is 1. The first-order valence-corrected chi connectivity index (χ1v) is 9.03. The SMILES string of the molecule is CC[N+]1(C2CCCCN2)CCC(C(=O)c2ccc(F)cc2)CC1. The molecule has 0 bridgehead atoms. The van der Waals surface area contributed by atoms with Crippen LogP contribution in [0.2, 0.25) is 0 Å². The van der Waals surface area contributed by atoms with Crippen molar-refractivity contribution in [3.05, 3.63) is 35.6 Å². The van der Waals surface area contributed by atoms with Gasteiger partial charge in [-0.2, -0.15) is 0 Å². The van der Waals surface area contributed by atoms with Crippen molar-refractivity contribution < 1.29 is 13.7 Å². The molecule has 1 N–H and O–H groups in total. The van der Waals surface area contributed by atoms with Gasteiger partial charge in [0.2, 0.25) is 0 Å². The highest BCUT2D eigenvalue weighted by Crippen LogP contribution is 2.30. The van der Waals surface area contributed by atoms with Gasteiger partial charge >= 0.3 is 0 Å². The molecule has 1 atom stereocenters. The molecule has 0 aliphatic carbocycles. The van der Waals surface area contributed by atoms with Crippen LogP contribution in [-0.2, 0) is 0 Å². The van der Waals surface area contributed by atoms with Crippen LogP contribution in [0.1, 0.15) is 49.4 Å². The lowest BCUT2D eigenvalue weighted by Crippen LogP contribution is -2.65. The Morgan fingerprint density at radius 2 is 1.87 bits per heavy atom. The van der Waals surface area contributed by atoms with Crippen molar-refractivity contribution in [1.29, 1.82) is 0 Å². The van der Waals surface area contributed by atoms with E-state index in [1.54, 1.807) is 12.1 Å². The van der Waals surface area contributed by atoms with Crippen molar-refractivity contribution in [1.82, 2.24) is 5.32 Å². The molecule has 2 fully saturated rings. The Labute approximate surface area is 138 Å². The quantitative estimate of drug-likeness (QED) is 0.681. The summed E-state index contributed by atoms with van der Waals surface area (Å²) in [6, 6.07) is 6.01. The molecule has 2 saturated heterocycles. The average molecular weight is 319 g/mol. The second kappa shape index (κ2) is 7.10. The number of carbonyl (C=O) groups is 1. The minimum absolute atomic E-state index is 0.0989. The Hall–Kier alpha value is -1.26. The topological polar surface area (TPSA) is 29.1 Å². The number of quaternary nitrogens is 1. The van der Waals surface area contributed by atoms with Gasteiger partial charge in [0.15, 0.2) is 5.78 Å². The van der Waals surface area contributed by atoms with Crippen molar-refractivity contribution in [3.63, 3.8) is 0 Å². The first-order chi connectivity index (χ1) is 11.1. The van der Waals surface area contributed by atoms with E-state index in [0.717, 1.165) is 43.5 Å². The highest BCUT2D eigenvalue weighted by Gasteiger charge is 2.41. The molecule has 0 radical (unpaired) electrons. The van der Waals surface area contributed by atoms with Crippen LogP contribution in [0.4, 0.5) is 4.39 Å². The van der Waals surface area contributed by atoms with Crippen LogP contribution in [0.25, 0.3) is 0 Å². The van der Waals surface area contributed by atoms with Gasteiger partial charge in [-0.3, -0.25) is 10.1 Å². The third-order valence-electron chi connectivity index (χ3n) is 5.92. The van der Waals surface area contributed by atoms with E-state index in [4.69, 9.17) is 0 Å². The monoisotopic (exact) mass is 319 g/mol. The summed E-state index contributed by atoms with van der Waals surface area (Å²) in [6.07, 6.45) is 6.31. The van der Waals surface area contributed by atoms with Crippen LogP contribution in [-0.4, -0.2) is 42.6 Å². The molecule has 23 heavy (non-hydrogen) atoms. The Morgan fingerprint density at radius 3 is 2.43 bits per heavy atom. The number of hydrogen-bond acceptors (Lipinski definition) is 2. The standard InChI is InChI=1S/C19H28FN2O/c1-2-22(18-5-3-4-12-21-18)13-10-16(11-14-22)19(23)15-6-8-17(20)9-7-15/h6-9,16,18,21H,2-5,10-14H2,1H3/q+1. The molecule has 4 heteroatoms. The van der Waals surface area contributed by atoms with Crippen LogP contribution >= 0.6 is 0 Å². The van der Waals surface area contributed by atoms with E-state index in [-0.39, 0.29) is 17.5 Å². The fraction of sp³-hybridized carbons (Fsp3) is 0.632. The van der Waals surface area contributed by atoms with Gasteiger partial charge in [0.1, 0.15) is 12.0 Å². The number of benzene rings is 1.